The fourth-order valence-corrected chi connectivity index (χ4v) is 4.20. The SMILES string of the molecule is CCSc1nnc(SC(C)C(=O)N(C)C)s1. The molecule has 1 rings (SSSR count). The third kappa shape index (κ3) is 3.95. The zero-order valence-electron chi connectivity index (χ0n) is 9.76. The Labute approximate surface area is 108 Å². The molecule has 0 fully saturated rings. The Morgan fingerprint density at radius 1 is 1.44 bits per heavy atom. The van der Waals surface area contributed by atoms with E-state index in [2.05, 4.69) is 17.1 Å². The molecule has 0 aliphatic carbocycles. The number of aromatic nitrogens is 2. The molecule has 0 aliphatic heterocycles. The van der Waals surface area contributed by atoms with Gasteiger partial charge in [-0.05, 0) is 12.7 Å². The molecule has 7 heteroatoms. The van der Waals surface area contributed by atoms with Gasteiger partial charge < -0.3 is 4.90 Å². The number of hydrogen-bond donors (Lipinski definition) is 0. The van der Waals surface area contributed by atoms with Crippen LogP contribution in [0.2, 0.25) is 0 Å². The van der Waals surface area contributed by atoms with Crippen molar-refractivity contribution in [2.24, 2.45) is 0 Å². The van der Waals surface area contributed by atoms with Crippen LogP contribution in [0.4, 0.5) is 0 Å². The third-order valence-corrected chi connectivity index (χ3v) is 4.83. The van der Waals surface area contributed by atoms with Crippen LogP contribution in [0.1, 0.15) is 13.8 Å². The van der Waals surface area contributed by atoms with Gasteiger partial charge in [-0.2, -0.15) is 0 Å². The van der Waals surface area contributed by atoms with Crippen molar-refractivity contribution < 1.29 is 4.79 Å². The highest BCUT2D eigenvalue weighted by atomic mass is 32.2. The van der Waals surface area contributed by atoms with E-state index in [0.717, 1.165) is 14.4 Å². The van der Waals surface area contributed by atoms with Crippen molar-refractivity contribution in [2.75, 3.05) is 19.8 Å². The Kier molecular flexibility index (Phi) is 5.57. The monoisotopic (exact) mass is 277 g/mol. The van der Waals surface area contributed by atoms with Crippen molar-refractivity contribution in [1.82, 2.24) is 15.1 Å². The molecule has 0 spiro atoms. The van der Waals surface area contributed by atoms with Crippen molar-refractivity contribution >= 4 is 40.8 Å². The molecule has 0 bridgehead atoms. The highest BCUT2D eigenvalue weighted by Crippen LogP contribution is 2.31. The Balaban J connectivity index is 2.55. The van der Waals surface area contributed by atoms with E-state index in [9.17, 15) is 4.79 Å². The van der Waals surface area contributed by atoms with E-state index >= 15 is 0 Å². The third-order valence-electron chi connectivity index (χ3n) is 1.72. The van der Waals surface area contributed by atoms with Crippen LogP contribution in [0.5, 0.6) is 0 Å². The number of carbonyl (C=O) groups excluding carboxylic acids is 1. The summed E-state index contributed by atoms with van der Waals surface area (Å²) in [5, 5.41) is 8.00. The summed E-state index contributed by atoms with van der Waals surface area (Å²) in [6.45, 7) is 3.97. The molecule has 0 aromatic carbocycles. The maximum atomic E-state index is 11.6. The van der Waals surface area contributed by atoms with E-state index in [0.29, 0.717) is 0 Å². The molecule has 16 heavy (non-hydrogen) atoms. The van der Waals surface area contributed by atoms with Crippen molar-refractivity contribution in [3.8, 4) is 0 Å². The van der Waals surface area contributed by atoms with Gasteiger partial charge in [0.2, 0.25) is 5.91 Å². The minimum atomic E-state index is -0.109. The second-order valence-corrected chi connectivity index (χ2v) is 7.34. The first kappa shape index (κ1) is 13.8. The molecule has 1 atom stereocenters. The van der Waals surface area contributed by atoms with E-state index in [1.54, 1.807) is 42.1 Å². The van der Waals surface area contributed by atoms with Crippen LogP contribution >= 0.6 is 34.9 Å². The van der Waals surface area contributed by atoms with E-state index < -0.39 is 0 Å². The van der Waals surface area contributed by atoms with Gasteiger partial charge in [-0.1, -0.05) is 41.8 Å². The first-order valence-corrected chi connectivity index (χ1v) is 7.57. The van der Waals surface area contributed by atoms with Gasteiger partial charge in [-0.3, -0.25) is 4.79 Å². The lowest BCUT2D eigenvalue weighted by atomic mass is 10.4. The van der Waals surface area contributed by atoms with E-state index in [1.165, 1.54) is 11.8 Å². The molecule has 0 N–H and O–H groups in total. The summed E-state index contributed by atoms with van der Waals surface area (Å²) in [6.07, 6.45) is 0. The Hall–Kier alpha value is -0.270. The van der Waals surface area contributed by atoms with E-state index in [4.69, 9.17) is 0 Å². The maximum absolute atomic E-state index is 11.6. The number of nitrogens with zero attached hydrogens (tertiary/aromatic N) is 3. The summed E-state index contributed by atoms with van der Waals surface area (Å²) in [5.41, 5.74) is 0. The molecule has 0 saturated heterocycles. The van der Waals surface area contributed by atoms with Gasteiger partial charge in [0.15, 0.2) is 8.68 Å². The van der Waals surface area contributed by atoms with Gasteiger partial charge in [0.1, 0.15) is 0 Å². The minimum Gasteiger partial charge on any atom is -0.348 e. The van der Waals surface area contributed by atoms with Crippen molar-refractivity contribution in [2.45, 2.75) is 27.8 Å². The first-order valence-electron chi connectivity index (χ1n) is 4.88. The minimum absolute atomic E-state index is 0.102. The lowest BCUT2D eigenvalue weighted by molar-refractivity contribution is -0.127. The van der Waals surface area contributed by atoms with Gasteiger partial charge in [-0.25, -0.2) is 0 Å². The summed E-state index contributed by atoms with van der Waals surface area (Å²) >= 11 is 4.69. The predicted molar refractivity (Wildman–Crippen MR) is 70.3 cm³/mol. The summed E-state index contributed by atoms with van der Waals surface area (Å²) in [5.74, 6) is 1.09. The van der Waals surface area contributed by atoms with Crippen LogP contribution in [-0.2, 0) is 4.79 Å². The maximum Gasteiger partial charge on any atom is 0.235 e. The highest BCUT2D eigenvalue weighted by molar-refractivity contribution is 8.03. The fraction of sp³-hybridized carbons (Fsp3) is 0.667. The second kappa shape index (κ2) is 6.46. The molecule has 1 aromatic heterocycles. The number of carbonyl (C=O) groups is 1. The van der Waals surface area contributed by atoms with Gasteiger partial charge in [0.25, 0.3) is 0 Å². The molecule has 1 aromatic rings. The highest BCUT2D eigenvalue weighted by Gasteiger charge is 2.18. The standard InChI is InChI=1S/C9H15N3OS3/c1-5-14-8-10-11-9(16-8)15-6(2)7(13)12(3)4/h6H,5H2,1-4H3. The van der Waals surface area contributed by atoms with Gasteiger partial charge >= 0.3 is 0 Å². The average molecular weight is 277 g/mol. The zero-order chi connectivity index (χ0) is 12.1. The largest absolute Gasteiger partial charge is 0.348 e. The Morgan fingerprint density at radius 2 is 2.06 bits per heavy atom. The molecule has 1 unspecified atom stereocenters. The lowest BCUT2D eigenvalue weighted by Gasteiger charge is -2.14. The zero-order valence-corrected chi connectivity index (χ0v) is 12.2. The summed E-state index contributed by atoms with van der Waals surface area (Å²) in [6, 6.07) is 0. The molecule has 0 aliphatic rings. The lowest BCUT2D eigenvalue weighted by Crippen LogP contribution is -2.29. The van der Waals surface area contributed by atoms with Crippen molar-refractivity contribution in [3.05, 3.63) is 0 Å². The Morgan fingerprint density at radius 3 is 2.62 bits per heavy atom. The van der Waals surface area contributed by atoms with Crippen LogP contribution in [0.3, 0.4) is 0 Å². The molecule has 1 amide bonds. The molecular formula is C9H15N3OS3. The number of thioether (sulfide) groups is 2. The van der Waals surface area contributed by atoms with Gasteiger partial charge in [0.05, 0.1) is 5.25 Å². The summed E-state index contributed by atoms with van der Waals surface area (Å²) < 4.78 is 1.83. The topological polar surface area (TPSA) is 46.1 Å². The van der Waals surface area contributed by atoms with Crippen molar-refractivity contribution in [1.29, 1.82) is 0 Å². The molecule has 4 nitrogen and oxygen atoms in total. The van der Waals surface area contributed by atoms with Crippen LogP contribution < -0.4 is 0 Å². The number of amides is 1. The van der Waals surface area contributed by atoms with Gasteiger partial charge in [0, 0.05) is 14.1 Å². The van der Waals surface area contributed by atoms with Crippen LogP contribution in [0, 0.1) is 0 Å². The predicted octanol–water partition coefficient (Wildman–Crippen LogP) is 2.22. The molecule has 0 saturated carbocycles. The molecule has 90 valence electrons. The fourth-order valence-electron chi connectivity index (χ4n) is 0.992. The smallest absolute Gasteiger partial charge is 0.235 e. The van der Waals surface area contributed by atoms with Gasteiger partial charge in [-0.15, -0.1) is 10.2 Å². The quantitative estimate of drug-likeness (QED) is 0.772. The first-order chi connectivity index (χ1) is 7.54. The van der Waals surface area contributed by atoms with Crippen LogP contribution in [0.25, 0.3) is 0 Å². The van der Waals surface area contributed by atoms with Crippen LogP contribution in [0.15, 0.2) is 8.68 Å². The molecule has 1 heterocycles. The number of hydrogen-bond acceptors (Lipinski definition) is 6. The normalized spacial score (nSPS) is 12.5. The molecular weight excluding hydrogens is 262 g/mol. The van der Waals surface area contributed by atoms with Crippen LogP contribution in [-0.4, -0.2) is 46.1 Å². The van der Waals surface area contributed by atoms with Crippen molar-refractivity contribution in [3.63, 3.8) is 0 Å². The average Bonchev–Trinajstić information content (AvgIpc) is 2.65. The van der Waals surface area contributed by atoms with E-state index in [1.807, 2.05) is 6.92 Å². The molecule has 0 radical (unpaired) electrons. The van der Waals surface area contributed by atoms with E-state index in [-0.39, 0.29) is 11.2 Å². The summed E-state index contributed by atoms with van der Waals surface area (Å²) in [4.78, 5) is 13.2. The Bertz CT molecular complexity index is 354. The summed E-state index contributed by atoms with van der Waals surface area (Å²) in [7, 11) is 3.52. The second-order valence-electron chi connectivity index (χ2n) is 3.26. The number of rotatable bonds is 5.